The summed E-state index contributed by atoms with van der Waals surface area (Å²) in [5.41, 5.74) is 1.61. The molecule has 0 atom stereocenters. The minimum Gasteiger partial charge on any atom is -0.380 e. The van der Waals surface area contributed by atoms with Gasteiger partial charge in [-0.15, -0.1) is 0 Å². The lowest BCUT2D eigenvalue weighted by Crippen LogP contribution is -2.51. The molecular weight excluding hydrogens is 238 g/mol. The van der Waals surface area contributed by atoms with Crippen molar-refractivity contribution in [2.45, 2.75) is 13.0 Å². The lowest BCUT2D eigenvalue weighted by atomic mass is 10.1. The number of hydrogen-bond donors (Lipinski definition) is 3. The van der Waals surface area contributed by atoms with E-state index in [-0.39, 0.29) is 5.75 Å². The Bertz CT molecular complexity index is 466. The van der Waals surface area contributed by atoms with E-state index < -0.39 is 10.0 Å². The number of sulfonamides is 1. The number of anilines is 2. The predicted octanol–water partition coefficient (Wildman–Crippen LogP) is 0.832. The monoisotopic (exact) mass is 255 g/mol. The van der Waals surface area contributed by atoms with Crippen molar-refractivity contribution in [1.29, 1.82) is 0 Å². The second kappa shape index (κ2) is 4.93. The summed E-state index contributed by atoms with van der Waals surface area (Å²) in [6, 6.07) is 7.77. The third-order valence-electron chi connectivity index (χ3n) is 2.69. The highest BCUT2D eigenvalue weighted by Crippen LogP contribution is 2.16. The Morgan fingerprint density at radius 2 is 1.82 bits per heavy atom. The van der Waals surface area contributed by atoms with Crippen LogP contribution >= 0.6 is 0 Å². The molecule has 5 nitrogen and oxygen atoms in total. The van der Waals surface area contributed by atoms with Crippen molar-refractivity contribution in [3.05, 3.63) is 24.3 Å². The van der Waals surface area contributed by atoms with Gasteiger partial charge in [-0.3, -0.25) is 4.72 Å². The van der Waals surface area contributed by atoms with Crippen LogP contribution in [-0.2, 0) is 10.0 Å². The van der Waals surface area contributed by atoms with E-state index in [0.717, 1.165) is 18.8 Å². The van der Waals surface area contributed by atoms with E-state index in [4.69, 9.17) is 0 Å². The summed E-state index contributed by atoms with van der Waals surface area (Å²) in [6.45, 7) is 3.57. The average molecular weight is 255 g/mol. The maximum absolute atomic E-state index is 11.4. The third-order valence-corrected chi connectivity index (χ3v) is 4.00. The van der Waals surface area contributed by atoms with Crippen molar-refractivity contribution in [1.82, 2.24) is 5.32 Å². The summed E-state index contributed by atoms with van der Waals surface area (Å²) in [5, 5.41) is 6.52. The van der Waals surface area contributed by atoms with Crippen LogP contribution in [0.1, 0.15) is 6.92 Å². The fourth-order valence-corrected chi connectivity index (χ4v) is 2.15. The van der Waals surface area contributed by atoms with Gasteiger partial charge in [0, 0.05) is 24.5 Å². The van der Waals surface area contributed by atoms with E-state index in [2.05, 4.69) is 15.4 Å². The minimum atomic E-state index is -3.18. The molecule has 0 spiro atoms. The van der Waals surface area contributed by atoms with Crippen LogP contribution < -0.4 is 15.4 Å². The second-order valence-electron chi connectivity index (χ2n) is 4.08. The molecule has 0 radical (unpaired) electrons. The third kappa shape index (κ3) is 3.34. The van der Waals surface area contributed by atoms with Gasteiger partial charge in [0.15, 0.2) is 0 Å². The lowest BCUT2D eigenvalue weighted by molar-refractivity contribution is 0.472. The number of rotatable bonds is 5. The summed E-state index contributed by atoms with van der Waals surface area (Å²) in [5.74, 6) is 0.0841. The molecule has 17 heavy (non-hydrogen) atoms. The highest BCUT2D eigenvalue weighted by Gasteiger charge is 2.15. The van der Waals surface area contributed by atoms with Gasteiger partial charge >= 0.3 is 0 Å². The van der Waals surface area contributed by atoms with Gasteiger partial charge in [-0.2, -0.15) is 0 Å². The van der Waals surface area contributed by atoms with E-state index >= 15 is 0 Å². The molecule has 1 aromatic carbocycles. The molecule has 1 heterocycles. The van der Waals surface area contributed by atoms with Crippen molar-refractivity contribution >= 4 is 21.4 Å². The van der Waals surface area contributed by atoms with Gasteiger partial charge < -0.3 is 10.6 Å². The molecule has 94 valence electrons. The van der Waals surface area contributed by atoms with E-state index in [1.807, 2.05) is 12.1 Å². The first kappa shape index (κ1) is 12.2. The molecular formula is C11H17N3O2S. The summed E-state index contributed by atoms with van der Waals surface area (Å²) in [7, 11) is -3.18. The lowest BCUT2D eigenvalue weighted by Gasteiger charge is -2.29. The molecule has 1 saturated heterocycles. The van der Waals surface area contributed by atoms with E-state index in [1.165, 1.54) is 0 Å². The Kier molecular flexibility index (Phi) is 3.54. The average Bonchev–Trinajstić information content (AvgIpc) is 2.25. The molecule has 0 aliphatic carbocycles. The van der Waals surface area contributed by atoms with Crippen LogP contribution in [0.4, 0.5) is 11.4 Å². The maximum atomic E-state index is 11.4. The molecule has 1 aliphatic heterocycles. The van der Waals surface area contributed by atoms with Crippen molar-refractivity contribution in [2.24, 2.45) is 0 Å². The maximum Gasteiger partial charge on any atom is 0.232 e. The fourth-order valence-electron chi connectivity index (χ4n) is 1.51. The molecule has 6 heteroatoms. The SMILES string of the molecule is CCS(=O)(=O)Nc1ccc(NC2CNC2)cc1. The Morgan fingerprint density at radius 1 is 1.24 bits per heavy atom. The van der Waals surface area contributed by atoms with Crippen molar-refractivity contribution in [3.63, 3.8) is 0 Å². The number of nitrogens with one attached hydrogen (secondary N) is 3. The van der Waals surface area contributed by atoms with Gasteiger partial charge in [0.05, 0.1) is 11.8 Å². The normalized spacial score (nSPS) is 16.3. The fraction of sp³-hybridized carbons (Fsp3) is 0.455. The van der Waals surface area contributed by atoms with E-state index in [0.29, 0.717) is 11.7 Å². The molecule has 0 bridgehead atoms. The Balaban J connectivity index is 1.97. The van der Waals surface area contributed by atoms with Gasteiger partial charge in [-0.1, -0.05) is 0 Å². The molecule has 1 aliphatic rings. The van der Waals surface area contributed by atoms with Gasteiger partial charge in [-0.25, -0.2) is 8.42 Å². The highest BCUT2D eigenvalue weighted by molar-refractivity contribution is 7.92. The largest absolute Gasteiger partial charge is 0.380 e. The predicted molar refractivity (Wildman–Crippen MR) is 69.8 cm³/mol. The Labute approximate surface area is 102 Å². The zero-order chi connectivity index (χ0) is 12.3. The van der Waals surface area contributed by atoms with Crippen LogP contribution in [0.3, 0.4) is 0 Å². The standard InChI is InChI=1S/C11H17N3O2S/c1-2-17(15,16)14-10-5-3-9(4-6-10)13-11-7-12-8-11/h3-6,11-14H,2,7-8H2,1H3. The summed E-state index contributed by atoms with van der Waals surface area (Å²) < 4.78 is 25.2. The molecule has 0 saturated carbocycles. The van der Waals surface area contributed by atoms with Crippen LogP contribution in [0.25, 0.3) is 0 Å². The van der Waals surface area contributed by atoms with Gasteiger partial charge in [0.2, 0.25) is 10.0 Å². The number of benzene rings is 1. The van der Waals surface area contributed by atoms with Gasteiger partial charge in [0.25, 0.3) is 0 Å². The van der Waals surface area contributed by atoms with Crippen LogP contribution in [0.15, 0.2) is 24.3 Å². The molecule has 1 fully saturated rings. The minimum absolute atomic E-state index is 0.0841. The number of hydrogen-bond acceptors (Lipinski definition) is 4. The smallest absolute Gasteiger partial charge is 0.232 e. The van der Waals surface area contributed by atoms with Gasteiger partial charge in [-0.05, 0) is 31.2 Å². The first-order valence-corrected chi connectivity index (χ1v) is 7.32. The highest BCUT2D eigenvalue weighted by atomic mass is 32.2. The zero-order valence-corrected chi connectivity index (χ0v) is 10.5. The molecule has 0 unspecified atom stereocenters. The second-order valence-corrected chi connectivity index (χ2v) is 6.09. The Morgan fingerprint density at radius 3 is 2.29 bits per heavy atom. The van der Waals surface area contributed by atoms with Crippen LogP contribution in [0, 0.1) is 0 Å². The Hall–Kier alpha value is -1.27. The molecule has 0 aromatic heterocycles. The van der Waals surface area contributed by atoms with Gasteiger partial charge in [0.1, 0.15) is 0 Å². The topological polar surface area (TPSA) is 70.2 Å². The van der Waals surface area contributed by atoms with E-state index in [1.54, 1.807) is 19.1 Å². The van der Waals surface area contributed by atoms with Crippen molar-refractivity contribution in [2.75, 3.05) is 28.9 Å². The van der Waals surface area contributed by atoms with E-state index in [9.17, 15) is 8.42 Å². The molecule has 3 N–H and O–H groups in total. The zero-order valence-electron chi connectivity index (χ0n) is 9.73. The summed E-state index contributed by atoms with van der Waals surface area (Å²) in [6.07, 6.45) is 0. The molecule has 0 amide bonds. The summed E-state index contributed by atoms with van der Waals surface area (Å²) in [4.78, 5) is 0. The molecule has 2 rings (SSSR count). The quantitative estimate of drug-likeness (QED) is 0.729. The van der Waals surface area contributed by atoms with Crippen LogP contribution in [-0.4, -0.2) is 33.3 Å². The van der Waals surface area contributed by atoms with Crippen LogP contribution in [0.5, 0.6) is 0 Å². The summed E-state index contributed by atoms with van der Waals surface area (Å²) >= 11 is 0. The first-order chi connectivity index (χ1) is 8.09. The first-order valence-electron chi connectivity index (χ1n) is 5.67. The van der Waals surface area contributed by atoms with Crippen LogP contribution in [0.2, 0.25) is 0 Å². The molecule has 1 aromatic rings. The van der Waals surface area contributed by atoms with Crippen molar-refractivity contribution in [3.8, 4) is 0 Å². The van der Waals surface area contributed by atoms with Crippen molar-refractivity contribution < 1.29 is 8.42 Å².